The zero-order chi connectivity index (χ0) is 15.1. The van der Waals surface area contributed by atoms with Crippen LogP contribution in [0.25, 0.3) is 0 Å². The molecule has 1 aromatic rings. The molecule has 112 valence electrons. The van der Waals surface area contributed by atoms with Gasteiger partial charge < -0.3 is 4.74 Å². The Labute approximate surface area is 129 Å². The van der Waals surface area contributed by atoms with Gasteiger partial charge in [0.1, 0.15) is 4.90 Å². The summed E-state index contributed by atoms with van der Waals surface area (Å²) in [5.74, 6) is 0. The number of morpholine rings is 1. The fourth-order valence-corrected chi connectivity index (χ4v) is 4.92. The summed E-state index contributed by atoms with van der Waals surface area (Å²) in [6, 6.07) is 1.68. The first kappa shape index (κ1) is 16.0. The molecule has 0 saturated carbocycles. The number of hydrogen-bond donors (Lipinski definition) is 0. The zero-order valence-electron chi connectivity index (χ0n) is 11.6. The lowest BCUT2D eigenvalue weighted by Crippen LogP contribution is -2.44. The molecule has 1 heterocycles. The maximum atomic E-state index is 12.8. The minimum atomic E-state index is -3.66. The molecule has 0 unspecified atom stereocenters. The summed E-state index contributed by atoms with van der Waals surface area (Å²) >= 11 is 12.3. The van der Waals surface area contributed by atoms with Gasteiger partial charge in [0, 0.05) is 18.1 Å². The van der Waals surface area contributed by atoms with E-state index in [1.165, 1.54) is 4.31 Å². The highest BCUT2D eigenvalue weighted by Gasteiger charge is 2.33. The van der Waals surface area contributed by atoms with E-state index in [4.69, 9.17) is 27.9 Å². The van der Waals surface area contributed by atoms with Gasteiger partial charge in [0.2, 0.25) is 10.0 Å². The molecule has 1 aliphatic rings. The first-order chi connectivity index (χ1) is 9.25. The largest absolute Gasteiger partial charge is 0.376 e. The van der Waals surface area contributed by atoms with Crippen LogP contribution in [0.3, 0.4) is 0 Å². The third-order valence-corrected chi connectivity index (χ3v) is 6.42. The Morgan fingerprint density at radius 3 is 2.60 bits per heavy atom. The van der Waals surface area contributed by atoms with Gasteiger partial charge in [-0.2, -0.15) is 4.31 Å². The van der Waals surface area contributed by atoms with E-state index in [-0.39, 0.29) is 16.0 Å². The maximum absolute atomic E-state index is 12.8. The molecule has 0 N–H and O–H groups in total. The van der Waals surface area contributed by atoms with Crippen molar-refractivity contribution in [3.05, 3.63) is 27.2 Å². The molecule has 0 amide bonds. The first-order valence-electron chi connectivity index (χ1n) is 6.32. The van der Waals surface area contributed by atoms with Gasteiger partial charge in [-0.05, 0) is 38.0 Å². The quantitative estimate of drug-likeness (QED) is 0.833. The van der Waals surface area contributed by atoms with E-state index in [9.17, 15) is 8.42 Å². The molecular weight excluding hydrogens is 321 g/mol. The Bertz CT molecular complexity index is 605. The van der Waals surface area contributed by atoms with Gasteiger partial charge in [-0.25, -0.2) is 8.42 Å². The Morgan fingerprint density at radius 2 is 2.00 bits per heavy atom. The van der Waals surface area contributed by atoms with Crippen LogP contribution in [-0.4, -0.2) is 38.5 Å². The average Bonchev–Trinajstić information content (AvgIpc) is 2.36. The number of aryl methyl sites for hydroxylation is 1. The molecule has 2 rings (SSSR count). The van der Waals surface area contributed by atoms with E-state index in [0.29, 0.717) is 35.8 Å². The van der Waals surface area contributed by atoms with Gasteiger partial charge in [-0.1, -0.05) is 23.2 Å². The molecule has 1 saturated heterocycles. The van der Waals surface area contributed by atoms with Crippen LogP contribution in [0.4, 0.5) is 0 Å². The summed E-state index contributed by atoms with van der Waals surface area (Å²) < 4.78 is 32.4. The van der Waals surface area contributed by atoms with Crippen molar-refractivity contribution in [2.24, 2.45) is 0 Å². The zero-order valence-corrected chi connectivity index (χ0v) is 13.9. The summed E-state index contributed by atoms with van der Waals surface area (Å²) in [5, 5.41) is 0.651. The molecule has 20 heavy (non-hydrogen) atoms. The number of sulfonamides is 1. The van der Waals surface area contributed by atoms with Crippen molar-refractivity contribution in [1.29, 1.82) is 0 Å². The first-order valence-corrected chi connectivity index (χ1v) is 8.51. The Balaban J connectivity index is 2.55. The van der Waals surface area contributed by atoms with Gasteiger partial charge in [0.25, 0.3) is 0 Å². The molecule has 0 radical (unpaired) electrons. The van der Waals surface area contributed by atoms with E-state index in [1.54, 1.807) is 19.9 Å². The third-order valence-electron chi connectivity index (χ3n) is 3.39. The Morgan fingerprint density at radius 1 is 1.35 bits per heavy atom. The van der Waals surface area contributed by atoms with Crippen molar-refractivity contribution in [2.75, 3.05) is 19.7 Å². The van der Waals surface area contributed by atoms with Crippen molar-refractivity contribution in [1.82, 2.24) is 4.31 Å². The van der Waals surface area contributed by atoms with E-state index in [1.807, 2.05) is 6.92 Å². The van der Waals surface area contributed by atoms with Gasteiger partial charge in [0.15, 0.2) is 0 Å². The van der Waals surface area contributed by atoms with Crippen molar-refractivity contribution < 1.29 is 13.2 Å². The standard InChI is InChI=1S/C13H17Cl2NO3S/c1-8-6-11(14)10(3)13(12(8)15)20(17,18)16-4-5-19-9(2)7-16/h6,9H,4-5,7H2,1-3H3/t9-/m1/s1. The van der Waals surface area contributed by atoms with Crippen LogP contribution in [0.2, 0.25) is 10.0 Å². The van der Waals surface area contributed by atoms with Gasteiger partial charge in [0.05, 0.1) is 17.7 Å². The van der Waals surface area contributed by atoms with Crippen LogP contribution in [-0.2, 0) is 14.8 Å². The number of rotatable bonds is 2. The summed E-state index contributed by atoms with van der Waals surface area (Å²) in [6.45, 7) is 6.30. The van der Waals surface area contributed by atoms with E-state index in [0.717, 1.165) is 0 Å². The lowest BCUT2D eigenvalue weighted by Gasteiger charge is -2.31. The molecule has 1 fully saturated rings. The topological polar surface area (TPSA) is 46.6 Å². The second-order valence-electron chi connectivity index (χ2n) is 4.99. The minimum absolute atomic E-state index is 0.110. The molecule has 7 heteroatoms. The van der Waals surface area contributed by atoms with E-state index in [2.05, 4.69) is 0 Å². The molecule has 0 spiro atoms. The third kappa shape index (κ3) is 2.83. The molecule has 0 bridgehead atoms. The van der Waals surface area contributed by atoms with Gasteiger partial charge in [-0.3, -0.25) is 0 Å². The van der Waals surface area contributed by atoms with Crippen LogP contribution in [0, 0.1) is 13.8 Å². The predicted octanol–water partition coefficient (Wildman–Crippen LogP) is 3.02. The van der Waals surface area contributed by atoms with E-state index < -0.39 is 10.0 Å². The number of hydrogen-bond acceptors (Lipinski definition) is 3. The SMILES string of the molecule is Cc1cc(Cl)c(C)c(S(=O)(=O)N2CCO[C@H](C)C2)c1Cl. The van der Waals surface area contributed by atoms with E-state index >= 15 is 0 Å². The van der Waals surface area contributed by atoms with Gasteiger partial charge >= 0.3 is 0 Å². The molecule has 4 nitrogen and oxygen atoms in total. The van der Waals surface area contributed by atoms with Crippen LogP contribution >= 0.6 is 23.2 Å². The van der Waals surface area contributed by atoms with Crippen LogP contribution in [0.1, 0.15) is 18.1 Å². The molecule has 1 aromatic carbocycles. The van der Waals surface area contributed by atoms with Crippen LogP contribution in [0.15, 0.2) is 11.0 Å². The summed E-state index contributed by atoms with van der Waals surface area (Å²) in [4.78, 5) is 0.110. The molecule has 1 atom stereocenters. The van der Waals surface area contributed by atoms with Crippen molar-refractivity contribution in [3.63, 3.8) is 0 Å². The summed E-state index contributed by atoms with van der Waals surface area (Å²) in [7, 11) is -3.66. The lowest BCUT2D eigenvalue weighted by molar-refractivity contribution is 0.0102. The van der Waals surface area contributed by atoms with Crippen LogP contribution in [0.5, 0.6) is 0 Å². The molecular formula is C13H17Cl2NO3S. The van der Waals surface area contributed by atoms with Crippen LogP contribution < -0.4 is 0 Å². The minimum Gasteiger partial charge on any atom is -0.376 e. The fourth-order valence-electron chi connectivity index (χ4n) is 2.25. The molecule has 0 aromatic heterocycles. The van der Waals surface area contributed by atoms with Crippen molar-refractivity contribution in [2.45, 2.75) is 31.8 Å². The lowest BCUT2D eigenvalue weighted by atomic mass is 10.2. The average molecular weight is 338 g/mol. The summed E-state index contributed by atoms with van der Waals surface area (Å²) in [6.07, 6.45) is -0.127. The highest BCUT2D eigenvalue weighted by atomic mass is 35.5. The number of benzene rings is 1. The highest BCUT2D eigenvalue weighted by Crippen LogP contribution is 2.35. The highest BCUT2D eigenvalue weighted by molar-refractivity contribution is 7.89. The maximum Gasteiger partial charge on any atom is 0.245 e. The monoisotopic (exact) mass is 337 g/mol. The Kier molecular flexibility index (Phi) is 4.66. The predicted molar refractivity (Wildman–Crippen MR) is 80.1 cm³/mol. The number of nitrogens with zero attached hydrogens (tertiary/aromatic N) is 1. The fraction of sp³-hybridized carbons (Fsp3) is 0.538. The van der Waals surface area contributed by atoms with Crippen molar-refractivity contribution >= 4 is 33.2 Å². The second kappa shape index (κ2) is 5.81. The molecule has 1 aliphatic heterocycles. The van der Waals surface area contributed by atoms with Crippen molar-refractivity contribution in [3.8, 4) is 0 Å². The Hall–Kier alpha value is -0.330. The smallest absolute Gasteiger partial charge is 0.245 e. The van der Waals surface area contributed by atoms with Gasteiger partial charge in [-0.15, -0.1) is 0 Å². The number of halogens is 2. The molecule has 0 aliphatic carbocycles. The number of ether oxygens (including phenoxy) is 1. The summed E-state index contributed by atoms with van der Waals surface area (Å²) in [5.41, 5.74) is 1.14. The normalized spacial score (nSPS) is 21.1. The second-order valence-corrected chi connectivity index (χ2v) is 7.65.